The lowest BCUT2D eigenvalue weighted by atomic mass is 9.72. The average Bonchev–Trinajstić information content (AvgIpc) is 3.78. The van der Waals surface area contributed by atoms with Gasteiger partial charge < -0.3 is 25.2 Å². The second-order valence-corrected chi connectivity index (χ2v) is 11.4. The lowest BCUT2D eigenvalue weighted by molar-refractivity contribution is -0.126. The van der Waals surface area contributed by atoms with Crippen molar-refractivity contribution in [2.24, 2.45) is 5.41 Å². The molecule has 0 radical (unpaired) electrons. The Hall–Kier alpha value is -2.93. The van der Waals surface area contributed by atoms with E-state index in [0.29, 0.717) is 37.2 Å². The van der Waals surface area contributed by atoms with E-state index in [0.717, 1.165) is 32.0 Å². The summed E-state index contributed by atoms with van der Waals surface area (Å²) in [5.41, 5.74) is -0.611. The summed E-state index contributed by atoms with van der Waals surface area (Å²) in [4.78, 5) is 30.2. The molecule has 1 unspecified atom stereocenters. The van der Waals surface area contributed by atoms with E-state index in [4.69, 9.17) is 4.74 Å². The molecule has 1 aromatic rings. The van der Waals surface area contributed by atoms with Crippen LogP contribution in [-0.4, -0.2) is 78.6 Å². The number of benzene rings is 1. The number of amides is 3. The van der Waals surface area contributed by atoms with Gasteiger partial charge in [0.25, 0.3) is 5.92 Å². The van der Waals surface area contributed by atoms with Crippen LogP contribution in [0.2, 0.25) is 0 Å². The van der Waals surface area contributed by atoms with Crippen molar-refractivity contribution in [3.05, 3.63) is 29.8 Å². The highest BCUT2D eigenvalue weighted by molar-refractivity contribution is 5.88. The number of nitriles is 1. The zero-order chi connectivity index (χ0) is 26.3. The van der Waals surface area contributed by atoms with E-state index in [9.17, 15) is 14.9 Å². The number of halogens is 2. The van der Waals surface area contributed by atoms with E-state index in [1.165, 1.54) is 20.0 Å². The molecule has 2 aliphatic carbocycles. The molecule has 4 aliphatic rings. The second kappa shape index (κ2) is 9.75. The maximum Gasteiger partial charge on any atom is 0.318 e. The molecule has 37 heavy (non-hydrogen) atoms. The van der Waals surface area contributed by atoms with Crippen LogP contribution in [0.4, 0.5) is 13.6 Å². The van der Waals surface area contributed by atoms with Crippen LogP contribution in [0.15, 0.2) is 24.3 Å². The molecule has 2 aliphatic heterocycles. The van der Waals surface area contributed by atoms with Gasteiger partial charge in [-0.15, -0.1) is 0 Å². The van der Waals surface area contributed by atoms with Crippen molar-refractivity contribution in [2.75, 3.05) is 33.3 Å². The van der Waals surface area contributed by atoms with Crippen molar-refractivity contribution in [2.45, 2.75) is 74.9 Å². The van der Waals surface area contributed by atoms with E-state index < -0.39 is 42.3 Å². The molecule has 2 heterocycles. The number of rotatable bonds is 9. The molecule has 10 heteroatoms. The number of methoxy groups -OCH3 is 1. The molecule has 0 bridgehead atoms. The molecule has 4 fully saturated rings. The fourth-order valence-electron chi connectivity index (χ4n) is 5.69. The summed E-state index contributed by atoms with van der Waals surface area (Å²) in [5, 5.41) is 14.5. The molecule has 8 nitrogen and oxygen atoms in total. The van der Waals surface area contributed by atoms with Crippen molar-refractivity contribution < 1.29 is 23.1 Å². The predicted molar refractivity (Wildman–Crippen MR) is 132 cm³/mol. The van der Waals surface area contributed by atoms with E-state index in [1.807, 2.05) is 6.07 Å². The third-order valence-corrected chi connectivity index (χ3v) is 8.35. The van der Waals surface area contributed by atoms with Gasteiger partial charge in [-0.3, -0.25) is 4.79 Å². The number of carbonyl (C=O) groups is 2. The number of carbonyl (C=O) groups excluding carboxylic acids is 2. The van der Waals surface area contributed by atoms with Gasteiger partial charge in [-0.25, -0.2) is 13.6 Å². The van der Waals surface area contributed by atoms with E-state index in [1.54, 1.807) is 29.2 Å². The highest BCUT2D eigenvalue weighted by Gasteiger charge is 2.50. The SMILES string of the molecule is COc1ccccc1CC(F)(F)CC(NC(=O)N1CC2(CCN(C3CC3)CC2)C1)C(=O)NC1(C#N)CC1. The summed E-state index contributed by atoms with van der Waals surface area (Å²) < 4.78 is 35.7. The van der Waals surface area contributed by atoms with Crippen LogP contribution in [0.25, 0.3) is 0 Å². The topological polar surface area (TPSA) is 97.7 Å². The van der Waals surface area contributed by atoms with Gasteiger partial charge in [0.05, 0.1) is 13.2 Å². The lowest BCUT2D eigenvalue weighted by Gasteiger charge is -2.54. The maximum atomic E-state index is 15.2. The quantitative estimate of drug-likeness (QED) is 0.527. The molecule has 1 spiro atoms. The monoisotopic (exact) mass is 515 g/mol. The van der Waals surface area contributed by atoms with Gasteiger partial charge in [-0.2, -0.15) is 5.26 Å². The Balaban J connectivity index is 1.22. The summed E-state index contributed by atoms with van der Waals surface area (Å²) in [6.07, 6.45) is 4.04. The first-order chi connectivity index (χ1) is 17.7. The average molecular weight is 516 g/mol. The van der Waals surface area contributed by atoms with Gasteiger partial charge in [0.2, 0.25) is 5.91 Å². The standard InChI is InChI=1S/C27H35F2N5O3/c1-37-22-5-3-2-4-19(22)14-27(28,29)15-21(23(35)32-26(16-30)8-9-26)31-24(36)34-17-25(18-34)10-12-33(13-11-25)20-6-7-20/h2-5,20-21H,6-15,17-18H2,1H3,(H,31,36)(H,32,35). The van der Waals surface area contributed by atoms with Crippen LogP contribution < -0.4 is 15.4 Å². The van der Waals surface area contributed by atoms with E-state index in [-0.39, 0.29) is 5.41 Å². The fraction of sp³-hybridized carbons (Fsp3) is 0.667. The van der Waals surface area contributed by atoms with Gasteiger partial charge in [0, 0.05) is 43.0 Å². The Labute approximate surface area is 216 Å². The first-order valence-corrected chi connectivity index (χ1v) is 13.2. The van der Waals surface area contributed by atoms with Gasteiger partial charge in [-0.1, -0.05) is 18.2 Å². The zero-order valence-electron chi connectivity index (χ0n) is 21.3. The largest absolute Gasteiger partial charge is 0.496 e. The second-order valence-electron chi connectivity index (χ2n) is 11.4. The normalized spacial score (nSPS) is 22.9. The van der Waals surface area contributed by atoms with Gasteiger partial charge in [-0.05, 0) is 57.7 Å². The van der Waals surface area contributed by atoms with E-state index >= 15 is 8.78 Å². The molecule has 1 aromatic carbocycles. The number of para-hydroxylation sites is 1. The Kier molecular flexibility index (Phi) is 6.77. The number of nitrogens with one attached hydrogen (secondary N) is 2. The minimum absolute atomic E-state index is 0.0904. The molecular formula is C27H35F2N5O3. The van der Waals surface area contributed by atoms with Crippen molar-refractivity contribution in [1.82, 2.24) is 20.4 Å². The fourth-order valence-corrected chi connectivity index (χ4v) is 5.69. The van der Waals surface area contributed by atoms with Crippen molar-refractivity contribution in [1.29, 1.82) is 5.26 Å². The zero-order valence-corrected chi connectivity index (χ0v) is 21.3. The summed E-state index contributed by atoms with van der Waals surface area (Å²) in [6.45, 7) is 3.23. The van der Waals surface area contributed by atoms with Gasteiger partial charge in [0.15, 0.2) is 0 Å². The number of hydrogen-bond acceptors (Lipinski definition) is 5. The summed E-state index contributed by atoms with van der Waals surface area (Å²) >= 11 is 0. The van der Waals surface area contributed by atoms with Crippen LogP contribution in [0.5, 0.6) is 5.75 Å². The lowest BCUT2D eigenvalue weighted by Crippen LogP contribution is -2.65. The highest BCUT2D eigenvalue weighted by Crippen LogP contribution is 2.43. The van der Waals surface area contributed by atoms with Crippen LogP contribution in [0, 0.1) is 16.7 Å². The third kappa shape index (κ3) is 5.82. The molecule has 2 N–H and O–H groups in total. The molecule has 1 atom stereocenters. The molecular weight excluding hydrogens is 480 g/mol. The Morgan fingerprint density at radius 3 is 2.46 bits per heavy atom. The Morgan fingerprint density at radius 2 is 1.86 bits per heavy atom. The van der Waals surface area contributed by atoms with Crippen molar-refractivity contribution >= 4 is 11.9 Å². The Bertz CT molecular complexity index is 1070. The highest BCUT2D eigenvalue weighted by atomic mass is 19.3. The number of urea groups is 1. The van der Waals surface area contributed by atoms with E-state index in [2.05, 4.69) is 15.5 Å². The first kappa shape index (κ1) is 25.7. The van der Waals surface area contributed by atoms with Crippen molar-refractivity contribution in [3.8, 4) is 11.8 Å². The number of likely N-dealkylation sites (tertiary alicyclic amines) is 2. The minimum atomic E-state index is -3.29. The smallest absolute Gasteiger partial charge is 0.318 e. The molecule has 200 valence electrons. The number of alkyl halides is 2. The molecule has 5 rings (SSSR count). The van der Waals surface area contributed by atoms with Crippen LogP contribution in [0.1, 0.15) is 50.5 Å². The van der Waals surface area contributed by atoms with Gasteiger partial charge in [0.1, 0.15) is 17.3 Å². The van der Waals surface area contributed by atoms with Crippen LogP contribution in [-0.2, 0) is 11.2 Å². The molecule has 3 amide bonds. The number of piperidine rings is 1. The summed E-state index contributed by atoms with van der Waals surface area (Å²) in [5.74, 6) is -3.70. The summed E-state index contributed by atoms with van der Waals surface area (Å²) in [6, 6.07) is 7.32. The van der Waals surface area contributed by atoms with Crippen LogP contribution >= 0.6 is 0 Å². The van der Waals surface area contributed by atoms with Crippen molar-refractivity contribution in [3.63, 3.8) is 0 Å². The third-order valence-electron chi connectivity index (χ3n) is 8.35. The number of hydrogen-bond donors (Lipinski definition) is 2. The number of nitrogens with zero attached hydrogens (tertiary/aromatic N) is 3. The first-order valence-electron chi connectivity index (χ1n) is 13.2. The van der Waals surface area contributed by atoms with Gasteiger partial charge >= 0.3 is 6.03 Å². The molecule has 0 aromatic heterocycles. The Morgan fingerprint density at radius 1 is 1.19 bits per heavy atom. The molecule has 2 saturated carbocycles. The minimum Gasteiger partial charge on any atom is -0.496 e. The maximum absolute atomic E-state index is 15.2. The van der Waals surface area contributed by atoms with Crippen LogP contribution in [0.3, 0.4) is 0 Å². The number of ether oxygens (including phenoxy) is 1. The molecule has 2 saturated heterocycles. The summed E-state index contributed by atoms with van der Waals surface area (Å²) in [7, 11) is 1.42. The predicted octanol–water partition coefficient (Wildman–Crippen LogP) is 3.07.